The number of halogens is 2. The lowest BCUT2D eigenvalue weighted by Crippen LogP contribution is -2.66. The summed E-state index contributed by atoms with van der Waals surface area (Å²) in [5.41, 5.74) is 0. The zero-order valence-electron chi connectivity index (χ0n) is 16.0. The van der Waals surface area contributed by atoms with Crippen LogP contribution in [0.5, 0.6) is 0 Å². The van der Waals surface area contributed by atoms with E-state index in [1.54, 1.807) is 0 Å². The fourth-order valence-electron chi connectivity index (χ4n) is 4.87. The predicted octanol–water partition coefficient (Wildman–Crippen LogP) is 6.95. The summed E-state index contributed by atoms with van der Waals surface area (Å²) >= 11 is 0. The summed E-state index contributed by atoms with van der Waals surface area (Å²) in [6.45, 7) is 4.50. The van der Waals surface area contributed by atoms with E-state index in [2.05, 4.69) is 18.7 Å². The van der Waals surface area contributed by atoms with E-state index in [0.29, 0.717) is 6.04 Å². The van der Waals surface area contributed by atoms with Gasteiger partial charge in [0.15, 0.2) is 0 Å². The summed E-state index contributed by atoms with van der Waals surface area (Å²) in [7, 11) is 0. The van der Waals surface area contributed by atoms with E-state index in [-0.39, 0.29) is 24.9 Å². The van der Waals surface area contributed by atoms with Gasteiger partial charge < -0.3 is 0 Å². The molecule has 1 saturated carbocycles. The van der Waals surface area contributed by atoms with Gasteiger partial charge in [0.2, 0.25) is 0 Å². The van der Waals surface area contributed by atoms with Crippen LogP contribution in [0.4, 0.5) is 8.78 Å². The molecule has 0 aromatic heterocycles. The highest BCUT2D eigenvalue weighted by Gasteiger charge is 2.54. The first kappa shape index (κ1) is 20.1. The second-order valence-electron chi connectivity index (χ2n) is 8.31. The van der Waals surface area contributed by atoms with E-state index in [0.717, 1.165) is 6.42 Å². The zero-order valence-corrected chi connectivity index (χ0v) is 16.0. The van der Waals surface area contributed by atoms with E-state index in [1.807, 2.05) is 0 Å². The first-order chi connectivity index (χ1) is 11.6. The van der Waals surface area contributed by atoms with Crippen LogP contribution in [0.3, 0.4) is 0 Å². The highest BCUT2D eigenvalue weighted by Crippen LogP contribution is 2.48. The average Bonchev–Trinajstić information content (AvgIpc) is 2.52. The minimum absolute atomic E-state index is 0.117. The van der Waals surface area contributed by atoms with E-state index >= 15 is 0 Å². The summed E-state index contributed by atoms with van der Waals surface area (Å²) in [4.78, 5) is 2.51. The molecule has 2 heterocycles. The highest BCUT2D eigenvalue weighted by atomic mass is 19.3. The Morgan fingerprint density at radius 3 is 1.71 bits per heavy atom. The molecule has 2 saturated heterocycles. The largest absolute Gasteiger partial charge is 0.294 e. The Labute approximate surface area is 148 Å². The molecule has 0 spiro atoms. The molecule has 0 aromatic rings. The maximum absolute atomic E-state index is 13.7. The predicted molar refractivity (Wildman–Crippen MR) is 98.8 cm³/mol. The summed E-state index contributed by atoms with van der Waals surface area (Å²) < 4.78 is 27.4. The Balaban J connectivity index is 1.77. The van der Waals surface area contributed by atoms with E-state index in [1.165, 1.54) is 77.0 Å². The van der Waals surface area contributed by atoms with Crippen molar-refractivity contribution in [2.75, 3.05) is 0 Å². The Morgan fingerprint density at radius 1 is 0.792 bits per heavy atom. The molecule has 24 heavy (non-hydrogen) atoms. The van der Waals surface area contributed by atoms with E-state index in [9.17, 15) is 8.78 Å². The van der Waals surface area contributed by atoms with Crippen molar-refractivity contribution in [1.29, 1.82) is 0 Å². The van der Waals surface area contributed by atoms with Crippen molar-refractivity contribution in [3.63, 3.8) is 0 Å². The molecule has 0 amide bonds. The van der Waals surface area contributed by atoms with Crippen LogP contribution in [0.2, 0.25) is 0 Å². The van der Waals surface area contributed by atoms with Crippen LogP contribution in [0.25, 0.3) is 0 Å². The van der Waals surface area contributed by atoms with Crippen molar-refractivity contribution < 1.29 is 8.78 Å². The fourth-order valence-corrected chi connectivity index (χ4v) is 4.87. The minimum atomic E-state index is -2.39. The Bertz CT molecular complexity index is 317. The molecule has 1 nitrogen and oxygen atoms in total. The Morgan fingerprint density at radius 2 is 1.25 bits per heavy atom. The van der Waals surface area contributed by atoms with Gasteiger partial charge in [-0.05, 0) is 19.3 Å². The third kappa shape index (κ3) is 5.97. The molecular formula is C21H39F2N. The van der Waals surface area contributed by atoms with Crippen molar-refractivity contribution in [3.05, 3.63) is 0 Å². The second kappa shape index (κ2) is 10.1. The molecule has 2 aliphatic heterocycles. The fraction of sp³-hybridized carbons (Fsp3) is 1.00. The summed E-state index contributed by atoms with van der Waals surface area (Å²) in [6, 6.07) is 0.929. The summed E-state index contributed by atoms with van der Waals surface area (Å²) in [6.07, 6.45) is 16.8. The number of piperidine rings is 1. The topological polar surface area (TPSA) is 3.24 Å². The lowest BCUT2D eigenvalue weighted by Gasteiger charge is -2.58. The van der Waals surface area contributed by atoms with Gasteiger partial charge >= 0.3 is 0 Å². The van der Waals surface area contributed by atoms with Crippen molar-refractivity contribution in [1.82, 2.24) is 4.90 Å². The smallest absolute Gasteiger partial charge is 0.251 e. The van der Waals surface area contributed by atoms with Crippen molar-refractivity contribution >= 4 is 0 Å². The molecule has 2 unspecified atom stereocenters. The molecule has 3 aliphatic rings. The summed E-state index contributed by atoms with van der Waals surface area (Å²) in [5, 5.41) is 0. The standard InChI is InChI=1S/C21H39F2N/c1-3-5-7-9-11-13-18(14-12-10-8-6-4-2)24-19-15-20(24)17-21(22,23)16-19/h18-20H,3-17H2,1-2H3. The maximum Gasteiger partial charge on any atom is 0.251 e. The molecule has 3 heteroatoms. The number of alkyl halides is 2. The molecule has 3 fully saturated rings. The Kier molecular flexibility index (Phi) is 8.46. The van der Waals surface area contributed by atoms with Gasteiger partial charge in [0.25, 0.3) is 5.92 Å². The summed E-state index contributed by atoms with van der Waals surface area (Å²) in [5.74, 6) is -2.39. The molecule has 0 aromatic carbocycles. The third-order valence-corrected chi connectivity index (χ3v) is 6.16. The minimum Gasteiger partial charge on any atom is -0.294 e. The van der Waals surface area contributed by atoms with Gasteiger partial charge in [-0.2, -0.15) is 0 Å². The first-order valence-electron chi connectivity index (χ1n) is 10.7. The first-order valence-corrected chi connectivity index (χ1v) is 10.7. The normalized spacial score (nSPS) is 25.9. The molecule has 0 radical (unpaired) electrons. The van der Waals surface area contributed by atoms with Crippen LogP contribution in [-0.2, 0) is 0 Å². The molecule has 0 N–H and O–H groups in total. The Hall–Kier alpha value is -0.180. The van der Waals surface area contributed by atoms with Crippen LogP contribution in [0, 0.1) is 0 Å². The number of rotatable bonds is 13. The molecule has 142 valence electrons. The van der Waals surface area contributed by atoms with Gasteiger partial charge in [0, 0.05) is 31.0 Å². The number of hydrogen-bond acceptors (Lipinski definition) is 1. The zero-order chi connectivity index (χ0) is 17.4. The van der Waals surface area contributed by atoms with Crippen LogP contribution in [0.15, 0.2) is 0 Å². The van der Waals surface area contributed by atoms with Gasteiger partial charge in [-0.25, -0.2) is 8.78 Å². The van der Waals surface area contributed by atoms with Gasteiger partial charge in [-0.1, -0.05) is 78.1 Å². The maximum atomic E-state index is 13.7. The number of unbranched alkanes of at least 4 members (excludes halogenated alkanes) is 8. The molecule has 2 bridgehead atoms. The van der Waals surface area contributed by atoms with Crippen LogP contribution >= 0.6 is 0 Å². The van der Waals surface area contributed by atoms with Crippen molar-refractivity contribution in [3.8, 4) is 0 Å². The lowest BCUT2D eigenvalue weighted by atomic mass is 9.75. The van der Waals surface area contributed by atoms with Gasteiger partial charge in [-0.15, -0.1) is 0 Å². The van der Waals surface area contributed by atoms with Gasteiger partial charge in [0.05, 0.1) is 0 Å². The molecule has 2 atom stereocenters. The molecule has 1 aliphatic carbocycles. The van der Waals surface area contributed by atoms with Crippen LogP contribution in [0.1, 0.15) is 110 Å². The van der Waals surface area contributed by atoms with Crippen molar-refractivity contribution in [2.24, 2.45) is 0 Å². The number of nitrogens with zero attached hydrogens (tertiary/aromatic N) is 1. The number of fused-ring (bicyclic) bond motifs is 2. The monoisotopic (exact) mass is 343 g/mol. The van der Waals surface area contributed by atoms with Crippen LogP contribution in [-0.4, -0.2) is 28.9 Å². The molecule has 3 rings (SSSR count). The highest BCUT2D eigenvalue weighted by molar-refractivity contribution is 5.05. The molecular weight excluding hydrogens is 304 g/mol. The SMILES string of the molecule is CCCCCCCC(CCCCCCC)N1C2CC1CC(F)(F)C2. The van der Waals surface area contributed by atoms with E-state index in [4.69, 9.17) is 0 Å². The van der Waals surface area contributed by atoms with Crippen LogP contribution < -0.4 is 0 Å². The van der Waals surface area contributed by atoms with Gasteiger partial charge in [0.1, 0.15) is 0 Å². The van der Waals surface area contributed by atoms with E-state index < -0.39 is 5.92 Å². The quantitative estimate of drug-likeness (QED) is 0.327. The average molecular weight is 344 g/mol. The third-order valence-electron chi connectivity index (χ3n) is 6.16. The van der Waals surface area contributed by atoms with Gasteiger partial charge in [-0.3, -0.25) is 4.90 Å². The van der Waals surface area contributed by atoms with Crippen molar-refractivity contribution in [2.45, 2.75) is 134 Å². The second-order valence-corrected chi connectivity index (χ2v) is 8.31. The lowest BCUT2D eigenvalue weighted by molar-refractivity contribution is -0.173. The number of hydrogen-bond donors (Lipinski definition) is 0.